The van der Waals surface area contributed by atoms with Gasteiger partial charge >= 0.3 is 29.8 Å². The normalized spacial score (nSPS) is 48.1. The summed E-state index contributed by atoms with van der Waals surface area (Å²) in [6, 6.07) is 6.76. The molecule has 16 heteroatoms. The summed E-state index contributed by atoms with van der Waals surface area (Å²) in [5.41, 5.74) is -1.62. The predicted octanol–water partition coefficient (Wildman–Crippen LogP) is 6.61. The van der Waals surface area contributed by atoms with Crippen molar-refractivity contribution in [3.63, 3.8) is 0 Å². The molecule has 9 aliphatic rings. The first kappa shape index (κ1) is 46.9. The van der Waals surface area contributed by atoms with E-state index in [2.05, 4.69) is 34.6 Å². The summed E-state index contributed by atoms with van der Waals surface area (Å²) in [6.07, 6.45) is 0.0544. The summed E-state index contributed by atoms with van der Waals surface area (Å²) < 4.78 is 68.2. The quantitative estimate of drug-likeness (QED) is 0.111. The van der Waals surface area contributed by atoms with Crippen molar-refractivity contribution >= 4 is 29.8 Å². The molecule has 4 heterocycles. The van der Waals surface area contributed by atoms with Crippen LogP contribution in [0, 0.1) is 50.7 Å². The van der Waals surface area contributed by atoms with Gasteiger partial charge < -0.3 is 52.1 Å². The lowest BCUT2D eigenvalue weighted by Gasteiger charge is -2.65. The number of carbonyl (C=O) groups excluding carboxylic acids is 5. The monoisotopic (exact) mass is 936 g/mol. The third-order valence-electron chi connectivity index (χ3n) is 19.1. The maximum absolute atomic E-state index is 13.4. The molecule has 5 aliphatic carbocycles. The summed E-state index contributed by atoms with van der Waals surface area (Å²) >= 11 is 0. The first-order valence-corrected chi connectivity index (χ1v) is 24.3. The minimum absolute atomic E-state index is 0.0217. The van der Waals surface area contributed by atoms with Gasteiger partial charge in [0.2, 0.25) is 12.1 Å². The summed E-state index contributed by atoms with van der Waals surface area (Å²) in [7, 11) is 1.57. The van der Waals surface area contributed by atoms with E-state index in [4.69, 9.17) is 52.1 Å². The van der Waals surface area contributed by atoms with E-state index in [1.807, 2.05) is 6.92 Å². The second-order valence-corrected chi connectivity index (χ2v) is 22.8. The summed E-state index contributed by atoms with van der Waals surface area (Å²) in [5.74, 6) is -2.34. The predicted molar refractivity (Wildman–Crippen MR) is 232 cm³/mol. The van der Waals surface area contributed by atoms with Crippen molar-refractivity contribution in [2.45, 2.75) is 187 Å². The van der Waals surface area contributed by atoms with E-state index in [0.29, 0.717) is 30.1 Å². The zero-order valence-electron chi connectivity index (χ0n) is 40.7. The van der Waals surface area contributed by atoms with Crippen LogP contribution in [0.4, 0.5) is 0 Å². The Labute approximate surface area is 392 Å². The Morgan fingerprint density at radius 3 is 2.00 bits per heavy atom. The highest BCUT2D eigenvalue weighted by molar-refractivity contribution is 5.89. The number of epoxide rings is 1. The van der Waals surface area contributed by atoms with Crippen LogP contribution in [0.1, 0.15) is 131 Å². The molecular weight excluding hydrogens is 869 g/mol. The molecule has 0 bridgehead atoms. The lowest BCUT2D eigenvalue weighted by Crippen LogP contribution is -2.64. The molecular formula is C51H68O16. The fourth-order valence-electron chi connectivity index (χ4n) is 16.6. The number of rotatable bonds is 9. The van der Waals surface area contributed by atoms with Crippen LogP contribution < -0.4 is 4.74 Å². The van der Waals surface area contributed by atoms with Crippen LogP contribution in [0.25, 0.3) is 0 Å². The molecule has 5 saturated carbocycles. The van der Waals surface area contributed by atoms with Crippen molar-refractivity contribution < 1.29 is 76.1 Å². The lowest BCUT2D eigenvalue weighted by molar-refractivity contribution is -0.345. The molecule has 0 N–H and O–H groups in total. The third kappa shape index (κ3) is 6.78. The Morgan fingerprint density at radius 2 is 1.34 bits per heavy atom. The van der Waals surface area contributed by atoms with Crippen LogP contribution >= 0.6 is 0 Å². The minimum Gasteiger partial charge on any atom is -0.497 e. The van der Waals surface area contributed by atoms with Crippen LogP contribution in [-0.2, 0) is 66.5 Å². The number of hydrogen-bond acceptors (Lipinski definition) is 16. The standard InChI is InChI=1S/C51H68O16/c1-25-20-51(43-48(10,66-43)44(67-51)64-41(56)30-12-14-31(57-11)15-13-30)65-32-21-46(8)35-17-16-34-45(6,7)36(18-19-49(34)24-50(35,49)22-37(60-27(3)53)47(46,9)38(25)32)63-42-40(62-29(5)55)39(61-28(4)54)33(23-58-42)59-26(2)52/h12-15,25,32-40,42-44H,16-24H2,1-11H3/t25-,32+,33-,34+,35+,36+,37-,38+,39+,40-,42+,43-,44+,46+,47-,48+,49-,50+,51-/m1/s1. The Bertz CT molecular complexity index is 2210. The van der Waals surface area contributed by atoms with Crippen molar-refractivity contribution in [2.24, 2.45) is 50.7 Å². The van der Waals surface area contributed by atoms with Crippen LogP contribution in [-0.4, -0.2) is 110 Å². The molecule has 0 radical (unpaired) electrons. The van der Waals surface area contributed by atoms with E-state index in [1.165, 1.54) is 27.7 Å². The number of methoxy groups -OCH3 is 1. The number of fused-ring (bicyclic) bond motifs is 6. The van der Waals surface area contributed by atoms with Crippen molar-refractivity contribution in [1.29, 1.82) is 0 Å². The zero-order valence-corrected chi connectivity index (χ0v) is 40.7. The third-order valence-corrected chi connectivity index (χ3v) is 19.1. The first-order chi connectivity index (χ1) is 31.5. The van der Waals surface area contributed by atoms with Gasteiger partial charge in [0, 0.05) is 39.5 Å². The van der Waals surface area contributed by atoms with Crippen LogP contribution in [0.15, 0.2) is 24.3 Å². The second kappa shape index (κ2) is 15.6. The van der Waals surface area contributed by atoms with Crippen molar-refractivity contribution in [3.05, 3.63) is 29.8 Å². The van der Waals surface area contributed by atoms with E-state index < -0.39 is 77.7 Å². The minimum atomic E-state index is -1.17. The van der Waals surface area contributed by atoms with Gasteiger partial charge in [-0.1, -0.05) is 34.6 Å². The zero-order chi connectivity index (χ0) is 48.0. The molecule has 10 rings (SSSR count). The van der Waals surface area contributed by atoms with Gasteiger partial charge in [-0.25, -0.2) is 4.79 Å². The maximum atomic E-state index is 13.4. The lowest BCUT2D eigenvalue weighted by atomic mass is 9.41. The molecule has 0 amide bonds. The van der Waals surface area contributed by atoms with E-state index in [1.54, 1.807) is 31.4 Å². The molecule has 4 saturated heterocycles. The number of hydrogen-bond donors (Lipinski definition) is 0. The Morgan fingerprint density at radius 1 is 0.687 bits per heavy atom. The first-order valence-electron chi connectivity index (χ1n) is 24.3. The van der Waals surface area contributed by atoms with Gasteiger partial charge in [-0.3, -0.25) is 19.2 Å². The van der Waals surface area contributed by atoms with Crippen molar-refractivity contribution in [3.8, 4) is 5.75 Å². The molecule has 3 spiro atoms. The van der Waals surface area contributed by atoms with Crippen LogP contribution in [0.5, 0.6) is 5.75 Å². The largest absolute Gasteiger partial charge is 0.497 e. The fraction of sp³-hybridized carbons (Fsp3) is 0.784. The van der Waals surface area contributed by atoms with Crippen molar-refractivity contribution in [2.75, 3.05) is 13.7 Å². The van der Waals surface area contributed by atoms with Gasteiger partial charge in [0.25, 0.3) is 0 Å². The van der Waals surface area contributed by atoms with E-state index in [0.717, 1.165) is 38.5 Å². The highest BCUT2D eigenvalue weighted by Gasteiger charge is 2.87. The summed E-state index contributed by atoms with van der Waals surface area (Å²) in [6.45, 7) is 18.7. The molecule has 0 aromatic heterocycles. The highest BCUT2D eigenvalue weighted by atomic mass is 16.9. The number of benzene rings is 1. The van der Waals surface area contributed by atoms with Crippen LogP contribution in [0.3, 0.4) is 0 Å². The van der Waals surface area contributed by atoms with Crippen molar-refractivity contribution in [1.82, 2.24) is 0 Å². The number of esters is 5. The van der Waals surface area contributed by atoms with Crippen LogP contribution in [0.2, 0.25) is 0 Å². The highest BCUT2D eigenvalue weighted by Crippen LogP contribution is 2.90. The molecule has 1 aromatic rings. The summed E-state index contributed by atoms with van der Waals surface area (Å²) in [4.78, 5) is 63.5. The molecule has 1 aromatic carbocycles. The fourth-order valence-corrected chi connectivity index (χ4v) is 16.6. The molecule has 67 heavy (non-hydrogen) atoms. The van der Waals surface area contributed by atoms with E-state index >= 15 is 0 Å². The van der Waals surface area contributed by atoms with Gasteiger partial charge in [-0.2, -0.15) is 0 Å². The van der Waals surface area contributed by atoms with Gasteiger partial charge in [0.05, 0.1) is 31.5 Å². The average Bonchev–Trinajstić information content (AvgIpc) is 4.08. The molecule has 0 unspecified atom stereocenters. The Kier molecular flexibility index (Phi) is 10.9. The van der Waals surface area contributed by atoms with Gasteiger partial charge in [0.15, 0.2) is 30.2 Å². The number of carbonyl (C=O) groups is 5. The van der Waals surface area contributed by atoms with E-state index in [9.17, 15) is 24.0 Å². The van der Waals surface area contributed by atoms with Gasteiger partial charge in [-0.15, -0.1) is 0 Å². The molecule has 9 fully saturated rings. The average molecular weight is 937 g/mol. The second-order valence-electron chi connectivity index (χ2n) is 22.8. The van der Waals surface area contributed by atoms with Gasteiger partial charge in [-0.05, 0) is 121 Å². The maximum Gasteiger partial charge on any atom is 0.340 e. The SMILES string of the molecule is COc1ccc(C(=O)O[C@H]2O[C@]3(C[C@@H](C)[C@H]4[C@H](C[C@@]5(C)[C@@H]6CC[C@H]7C(C)(C)[C@@H](O[C@@H]8OC[C@@H](OC(C)=O)[C@H](OC(C)=O)[C@H]8OC(C)=O)CC[C@@]78C[C@@]68C[C@@H](OC(C)=O)[C@]45C)O3)[C@@H]3O[C@]23C)cc1. The smallest absolute Gasteiger partial charge is 0.340 e. The molecule has 19 atom stereocenters. The van der Waals surface area contributed by atoms with Gasteiger partial charge in [0.1, 0.15) is 18.0 Å². The molecule has 368 valence electrons. The Balaban J connectivity index is 0.902. The molecule has 4 aliphatic heterocycles. The topological polar surface area (TPSA) is 190 Å². The number of ether oxygens (including phenoxy) is 11. The van der Waals surface area contributed by atoms with E-state index in [-0.39, 0.29) is 70.3 Å². The molecule has 16 nitrogen and oxygen atoms in total. The Hall–Kier alpha value is -3.83. The summed E-state index contributed by atoms with van der Waals surface area (Å²) in [5, 5.41) is 0.